The van der Waals surface area contributed by atoms with Crippen LogP contribution in [0.25, 0.3) is 0 Å². The van der Waals surface area contributed by atoms with Gasteiger partial charge in [-0.2, -0.15) is 0 Å². The molecule has 2 aliphatic carbocycles. The second kappa shape index (κ2) is 4.99. The van der Waals surface area contributed by atoms with Gasteiger partial charge in [0.25, 0.3) is 0 Å². The molecule has 0 aromatic carbocycles. The Bertz CT molecular complexity index is 348. The van der Waals surface area contributed by atoms with Crippen molar-refractivity contribution < 1.29 is 9.22 Å². The Kier molecular flexibility index (Phi) is 4.01. The number of hydrogen-bond donors (Lipinski definition) is 0. The first-order valence-electron chi connectivity index (χ1n) is 7.86. The minimum Gasteiger partial charge on any atom is -0.413 e. The normalized spacial score (nSPS) is 28.1. The van der Waals surface area contributed by atoms with Crippen LogP contribution in [0.3, 0.4) is 0 Å². The van der Waals surface area contributed by atoms with Crippen LogP contribution in [0.2, 0.25) is 18.1 Å². The van der Waals surface area contributed by atoms with E-state index in [-0.39, 0.29) is 11.1 Å². The van der Waals surface area contributed by atoms with Crippen LogP contribution in [-0.4, -0.2) is 20.2 Å². The zero-order chi connectivity index (χ0) is 14.3. The fraction of sp³-hybridized carbons (Fsp3) is 0.938. The second-order valence-electron chi connectivity index (χ2n) is 8.18. The minimum atomic E-state index is -1.77. The third kappa shape index (κ3) is 2.97. The van der Waals surface area contributed by atoms with Gasteiger partial charge in [-0.15, -0.1) is 0 Å². The van der Waals surface area contributed by atoms with E-state index in [1.165, 1.54) is 25.7 Å². The van der Waals surface area contributed by atoms with Crippen LogP contribution >= 0.6 is 0 Å². The Morgan fingerprint density at radius 2 is 1.74 bits per heavy atom. The minimum absolute atomic E-state index is 0.206. The van der Waals surface area contributed by atoms with Gasteiger partial charge in [-0.05, 0) is 42.8 Å². The van der Waals surface area contributed by atoms with Crippen molar-refractivity contribution >= 4 is 14.1 Å². The number of carbonyl (C=O) groups is 1. The molecule has 3 heteroatoms. The van der Waals surface area contributed by atoms with E-state index in [1.807, 2.05) is 0 Å². The molecule has 2 fully saturated rings. The first kappa shape index (κ1) is 15.2. The topological polar surface area (TPSA) is 26.3 Å². The summed E-state index contributed by atoms with van der Waals surface area (Å²) in [4.78, 5) is 11.9. The lowest BCUT2D eigenvalue weighted by Gasteiger charge is -2.47. The summed E-state index contributed by atoms with van der Waals surface area (Å²) in [6, 6.07) is 0. The summed E-state index contributed by atoms with van der Waals surface area (Å²) in [5.41, 5.74) is 0.337. The number of hydrogen-bond acceptors (Lipinski definition) is 2. The van der Waals surface area contributed by atoms with Gasteiger partial charge in [0.15, 0.2) is 8.32 Å². The predicted octanol–water partition coefficient (Wildman–Crippen LogP) is 4.69. The highest BCUT2D eigenvalue weighted by Gasteiger charge is 2.49. The molecular formula is C16H30O2Si. The van der Waals surface area contributed by atoms with Crippen molar-refractivity contribution in [2.24, 2.45) is 5.41 Å². The van der Waals surface area contributed by atoms with E-state index in [2.05, 4.69) is 33.9 Å². The van der Waals surface area contributed by atoms with Crippen LogP contribution < -0.4 is 0 Å². The molecule has 0 heterocycles. The molecule has 2 rings (SSSR count). The maximum atomic E-state index is 11.9. The van der Waals surface area contributed by atoms with E-state index >= 15 is 0 Å². The molecule has 0 aromatic heterocycles. The van der Waals surface area contributed by atoms with Crippen LogP contribution in [0.5, 0.6) is 0 Å². The highest BCUT2D eigenvalue weighted by Crippen LogP contribution is 2.51. The van der Waals surface area contributed by atoms with Gasteiger partial charge >= 0.3 is 0 Å². The van der Waals surface area contributed by atoms with Gasteiger partial charge in [0.2, 0.25) is 0 Å². The van der Waals surface area contributed by atoms with Crippen LogP contribution in [0.1, 0.15) is 65.7 Å². The highest BCUT2D eigenvalue weighted by molar-refractivity contribution is 6.74. The van der Waals surface area contributed by atoms with Crippen molar-refractivity contribution in [3.05, 3.63) is 0 Å². The molecule has 0 bridgehead atoms. The zero-order valence-corrected chi connectivity index (χ0v) is 14.3. The summed E-state index contributed by atoms with van der Waals surface area (Å²) in [6.07, 6.45) is 7.95. The zero-order valence-electron chi connectivity index (χ0n) is 13.3. The molecule has 0 aliphatic heterocycles. The highest BCUT2D eigenvalue weighted by atomic mass is 28.4. The maximum Gasteiger partial charge on any atom is 0.192 e. The van der Waals surface area contributed by atoms with Gasteiger partial charge < -0.3 is 4.43 Å². The van der Waals surface area contributed by atoms with Crippen LogP contribution in [0, 0.1) is 5.41 Å². The molecular weight excluding hydrogens is 252 g/mol. The SMILES string of the molecule is CC(C)(C)[Si](C)(C)OC1CC(=O)CCC12CCCC2. The summed E-state index contributed by atoms with van der Waals surface area (Å²) < 4.78 is 6.67. The third-order valence-electron chi connectivity index (χ3n) is 5.84. The fourth-order valence-electron chi connectivity index (χ4n) is 3.42. The molecule has 0 saturated heterocycles. The summed E-state index contributed by atoms with van der Waals surface area (Å²) in [5.74, 6) is 0.418. The van der Waals surface area contributed by atoms with Crippen molar-refractivity contribution in [2.75, 3.05) is 0 Å². The Morgan fingerprint density at radius 3 is 2.26 bits per heavy atom. The summed E-state index contributed by atoms with van der Waals surface area (Å²) in [5, 5.41) is 0.229. The molecule has 0 amide bonds. The standard InChI is InChI=1S/C16H30O2Si/c1-15(2,3)19(4,5)18-14-12-13(17)8-11-16(14)9-6-7-10-16/h14H,6-12H2,1-5H3. The largest absolute Gasteiger partial charge is 0.413 e. The van der Waals surface area contributed by atoms with E-state index < -0.39 is 8.32 Å². The molecule has 0 N–H and O–H groups in total. The van der Waals surface area contributed by atoms with Crippen molar-refractivity contribution in [3.8, 4) is 0 Å². The smallest absolute Gasteiger partial charge is 0.192 e. The van der Waals surface area contributed by atoms with Crippen LogP contribution in [0.4, 0.5) is 0 Å². The van der Waals surface area contributed by atoms with Gasteiger partial charge in [-0.1, -0.05) is 33.6 Å². The number of carbonyl (C=O) groups excluding carboxylic acids is 1. The first-order chi connectivity index (χ1) is 8.66. The lowest BCUT2D eigenvalue weighted by atomic mass is 9.70. The number of rotatable bonds is 2. The first-order valence-corrected chi connectivity index (χ1v) is 10.8. The van der Waals surface area contributed by atoms with Crippen molar-refractivity contribution in [3.63, 3.8) is 0 Å². The van der Waals surface area contributed by atoms with Crippen LogP contribution in [-0.2, 0) is 9.22 Å². The van der Waals surface area contributed by atoms with E-state index in [9.17, 15) is 4.79 Å². The lowest BCUT2D eigenvalue weighted by molar-refractivity contribution is -0.128. The lowest BCUT2D eigenvalue weighted by Crippen LogP contribution is -2.51. The van der Waals surface area contributed by atoms with Gasteiger partial charge in [0.1, 0.15) is 5.78 Å². The molecule has 0 aromatic rings. The fourth-order valence-corrected chi connectivity index (χ4v) is 4.82. The van der Waals surface area contributed by atoms with Gasteiger partial charge in [0.05, 0.1) is 6.10 Å². The summed E-state index contributed by atoms with van der Waals surface area (Å²) in [6.45, 7) is 11.5. The van der Waals surface area contributed by atoms with Crippen molar-refractivity contribution in [1.29, 1.82) is 0 Å². The second-order valence-corrected chi connectivity index (χ2v) is 12.9. The maximum absolute atomic E-state index is 11.9. The molecule has 0 radical (unpaired) electrons. The monoisotopic (exact) mass is 282 g/mol. The molecule has 1 spiro atoms. The molecule has 1 atom stereocenters. The molecule has 1 unspecified atom stereocenters. The summed E-state index contributed by atoms with van der Waals surface area (Å²) in [7, 11) is -1.77. The average Bonchev–Trinajstić information content (AvgIpc) is 2.71. The molecule has 19 heavy (non-hydrogen) atoms. The van der Waals surface area contributed by atoms with Crippen molar-refractivity contribution in [2.45, 2.75) is 90.0 Å². The number of Topliss-reactive ketones (excluding diaryl/α,β-unsaturated/α-hetero) is 1. The van der Waals surface area contributed by atoms with Crippen molar-refractivity contribution in [1.82, 2.24) is 0 Å². The molecule has 2 saturated carbocycles. The van der Waals surface area contributed by atoms with Gasteiger partial charge in [0, 0.05) is 12.8 Å². The Morgan fingerprint density at radius 1 is 1.16 bits per heavy atom. The van der Waals surface area contributed by atoms with E-state index in [0.717, 1.165) is 12.8 Å². The Labute approximate surface area is 119 Å². The third-order valence-corrected chi connectivity index (χ3v) is 10.3. The van der Waals surface area contributed by atoms with Gasteiger partial charge in [-0.25, -0.2) is 0 Å². The predicted molar refractivity (Wildman–Crippen MR) is 81.8 cm³/mol. The van der Waals surface area contributed by atoms with Crippen LogP contribution in [0.15, 0.2) is 0 Å². The Balaban J connectivity index is 2.17. The average molecular weight is 282 g/mol. The molecule has 110 valence electrons. The Hall–Kier alpha value is -0.153. The van der Waals surface area contributed by atoms with E-state index in [4.69, 9.17) is 4.43 Å². The molecule has 2 nitrogen and oxygen atoms in total. The van der Waals surface area contributed by atoms with E-state index in [0.29, 0.717) is 17.6 Å². The number of ketones is 1. The summed E-state index contributed by atoms with van der Waals surface area (Å²) >= 11 is 0. The molecule has 2 aliphatic rings. The van der Waals surface area contributed by atoms with E-state index in [1.54, 1.807) is 0 Å². The quantitative estimate of drug-likeness (QED) is 0.687. The van der Waals surface area contributed by atoms with Gasteiger partial charge in [-0.3, -0.25) is 4.79 Å².